The van der Waals surface area contributed by atoms with Crippen LogP contribution >= 0.6 is 11.6 Å². The Bertz CT molecular complexity index is 1200. The number of halogens is 1. The summed E-state index contributed by atoms with van der Waals surface area (Å²) < 4.78 is 10.6. The Hall–Kier alpha value is -3.16. The molecule has 1 aliphatic heterocycles. The molecule has 0 saturated carbocycles. The van der Waals surface area contributed by atoms with Gasteiger partial charge in [0.15, 0.2) is 0 Å². The van der Waals surface area contributed by atoms with Crippen molar-refractivity contribution in [3.8, 4) is 0 Å². The van der Waals surface area contributed by atoms with Crippen molar-refractivity contribution >= 4 is 40.2 Å². The fourth-order valence-corrected chi connectivity index (χ4v) is 4.46. The van der Waals surface area contributed by atoms with Crippen molar-refractivity contribution in [1.82, 2.24) is 0 Å². The summed E-state index contributed by atoms with van der Waals surface area (Å²) >= 11 is 6.15. The normalized spacial score (nSPS) is 14.5. The van der Waals surface area contributed by atoms with Crippen LogP contribution in [0.25, 0.3) is 11.3 Å². The SMILES string of the molecule is COCCC(N)(CCOC)c1ccc(N/C(=C2\C(=O)Nc3cc(Cl)ccc32)c2ccccc2)cc1. The molecule has 1 aliphatic rings. The highest BCUT2D eigenvalue weighted by Crippen LogP contribution is 2.39. The van der Waals surface area contributed by atoms with Gasteiger partial charge in [-0.1, -0.05) is 60.1 Å². The Morgan fingerprint density at radius 2 is 1.63 bits per heavy atom. The fourth-order valence-electron chi connectivity index (χ4n) is 4.29. The highest BCUT2D eigenvalue weighted by Gasteiger charge is 2.29. The molecule has 0 radical (unpaired) electrons. The van der Waals surface area contributed by atoms with E-state index in [1.165, 1.54) is 0 Å². The Balaban J connectivity index is 1.71. The minimum Gasteiger partial charge on any atom is -0.385 e. The number of carbonyl (C=O) groups is 1. The maximum Gasteiger partial charge on any atom is 0.258 e. The second-order valence-electron chi connectivity index (χ2n) is 8.60. The molecule has 7 heteroatoms. The van der Waals surface area contributed by atoms with Crippen LogP contribution in [-0.2, 0) is 19.8 Å². The predicted octanol–water partition coefficient (Wildman–Crippen LogP) is 5.50. The number of fused-ring (bicyclic) bond motifs is 1. The highest BCUT2D eigenvalue weighted by molar-refractivity contribution is 6.38. The molecule has 4 rings (SSSR count). The lowest BCUT2D eigenvalue weighted by molar-refractivity contribution is -0.110. The van der Waals surface area contributed by atoms with E-state index in [1.54, 1.807) is 26.4 Å². The summed E-state index contributed by atoms with van der Waals surface area (Å²) in [6.45, 7) is 1.12. The van der Waals surface area contributed by atoms with E-state index >= 15 is 0 Å². The summed E-state index contributed by atoms with van der Waals surface area (Å²) in [7, 11) is 3.35. The van der Waals surface area contributed by atoms with Crippen molar-refractivity contribution in [1.29, 1.82) is 0 Å². The van der Waals surface area contributed by atoms with Gasteiger partial charge in [0.25, 0.3) is 5.91 Å². The summed E-state index contributed by atoms with van der Waals surface area (Å²) in [6, 6.07) is 23.2. The molecule has 6 nitrogen and oxygen atoms in total. The molecule has 3 aromatic carbocycles. The van der Waals surface area contributed by atoms with Crippen LogP contribution in [0.3, 0.4) is 0 Å². The number of anilines is 2. The fraction of sp³-hybridized carbons (Fsp3) is 0.250. The molecule has 0 saturated heterocycles. The van der Waals surface area contributed by atoms with Crippen LogP contribution in [0.2, 0.25) is 5.02 Å². The van der Waals surface area contributed by atoms with Crippen molar-refractivity contribution in [3.63, 3.8) is 0 Å². The summed E-state index contributed by atoms with van der Waals surface area (Å²) in [5, 5.41) is 6.99. The Kier molecular flexibility index (Phi) is 7.88. The zero-order valence-corrected chi connectivity index (χ0v) is 20.7. The molecule has 3 aromatic rings. The largest absolute Gasteiger partial charge is 0.385 e. The van der Waals surface area contributed by atoms with Gasteiger partial charge >= 0.3 is 0 Å². The van der Waals surface area contributed by atoms with Crippen LogP contribution < -0.4 is 16.4 Å². The van der Waals surface area contributed by atoms with Crippen molar-refractivity contribution in [2.45, 2.75) is 18.4 Å². The Morgan fingerprint density at radius 1 is 0.971 bits per heavy atom. The number of hydrogen-bond donors (Lipinski definition) is 3. The Morgan fingerprint density at radius 3 is 2.26 bits per heavy atom. The number of nitrogens with two attached hydrogens (primary N) is 1. The van der Waals surface area contributed by atoms with Gasteiger partial charge in [0, 0.05) is 49.2 Å². The summed E-state index contributed by atoms with van der Waals surface area (Å²) in [5.74, 6) is -0.176. The van der Waals surface area contributed by atoms with E-state index in [1.807, 2.05) is 60.7 Å². The lowest BCUT2D eigenvalue weighted by Gasteiger charge is -2.30. The van der Waals surface area contributed by atoms with Gasteiger partial charge in [-0.15, -0.1) is 0 Å². The third kappa shape index (κ3) is 5.57. The van der Waals surface area contributed by atoms with E-state index in [4.69, 9.17) is 26.8 Å². The van der Waals surface area contributed by atoms with Crippen LogP contribution in [0.5, 0.6) is 0 Å². The number of rotatable bonds is 10. The maximum absolute atomic E-state index is 13.0. The molecular weight excluding hydrogens is 462 g/mol. The summed E-state index contributed by atoms with van der Waals surface area (Å²) in [4.78, 5) is 13.0. The van der Waals surface area contributed by atoms with E-state index in [9.17, 15) is 4.79 Å². The quantitative estimate of drug-likeness (QED) is 0.326. The van der Waals surface area contributed by atoms with Crippen LogP contribution in [0.1, 0.15) is 29.5 Å². The van der Waals surface area contributed by atoms with Gasteiger partial charge in [0.2, 0.25) is 0 Å². The minimum absolute atomic E-state index is 0.176. The number of nitrogens with one attached hydrogen (secondary N) is 2. The number of amides is 1. The number of benzene rings is 3. The highest BCUT2D eigenvalue weighted by atomic mass is 35.5. The van der Waals surface area contributed by atoms with Gasteiger partial charge in [0.05, 0.1) is 17.0 Å². The summed E-state index contributed by atoms with van der Waals surface area (Å²) in [5.41, 5.74) is 11.7. The molecule has 0 unspecified atom stereocenters. The van der Waals surface area contributed by atoms with Crippen molar-refractivity contribution in [2.75, 3.05) is 38.1 Å². The van der Waals surface area contributed by atoms with E-state index in [0.717, 1.165) is 28.1 Å². The van der Waals surface area contributed by atoms with Gasteiger partial charge in [-0.25, -0.2) is 0 Å². The third-order valence-corrected chi connectivity index (χ3v) is 6.51. The average Bonchev–Trinajstić information content (AvgIpc) is 3.20. The van der Waals surface area contributed by atoms with E-state index < -0.39 is 5.54 Å². The van der Waals surface area contributed by atoms with Gasteiger partial charge in [-0.3, -0.25) is 4.79 Å². The number of ether oxygens (including phenoxy) is 2. The lowest BCUT2D eigenvalue weighted by Crippen LogP contribution is -2.39. The first kappa shape index (κ1) is 24.9. The first-order valence-electron chi connectivity index (χ1n) is 11.5. The van der Waals surface area contributed by atoms with Gasteiger partial charge in [-0.05, 0) is 48.2 Å². The molecule has 0 bridgehead atoms. The molecule has 35 heavy (non-hydrogen) atoms. The predicted molar refractivity (Wildman–Crippen MR) is 142 cm³/mol. The first-order chi connectivity index (χ1) is 16.9. The van der Waals surface area contributed by atoms with Crippen LogP contribution in [0.4, 0.5) is 11.4 Å². The van der Waals surface area contributed by atoms with Crippen LogP contribution in [0.15, 0.2) is 72.8 Å². The molecule has 0 spiro atoms. The van der Waals surface area contributed by atoms with E-state index in [2.05, 4.69) is 10.6 Å². The van der Waals surface area contributed by atoms with Crippen LogP contribution in [-0.4, -0.2) is 33.3 Å². The zero-order chi connectivity index (χ0) is 24.8. The van der Waals surface area contributed by atoms with Gasteiger partial charge in [-0.2, -0.15) is 0 Å². The van der Waals surface area contributed by atoms with Crippen molar-refractivity contribution < 1.29 is 14.3 Å². The minimum atomic E-state index is -0.561. The average molecular weight is 492 g/mol. The van der Waals surface area contributed by atoms with Gasteiger partial charge in [0.1, 0.15) is 0 Å². The smallest absolute Gasteiger partial charge is 0.258 e. The van der Waals surface area contributed by atoms with Crippen molar-refractivity contribution in [2.24, 2.45) is 5.73 Å². The van der Waals surface area contributed by atoms with Crippen molar-refractivity contribution in [3.05, 3.63) is 94.5 Å². The second-order valence-corrected chi connectivity index (χ2v) is 9.04. The molecule has 0 atom stereocenters. The zero-order valence-electron chi connectivity index (χ0n) is 19.9. The first-order valence-corrected chi connectivity index (χ1v) is 11.9. The second kappa shape index (κ2) is 11.1. The summed E-state index contributed by atoms with van der Waals surface area (Å²) in [6.07, 6.45) is 1.36. The lowest BCUT2D eigenvalue weighted by atomic mass is 9.85. The molecule has 1 amide bonds. The molecule has 1 heterocycles. The third-order valence-electron chi connectivity index (χ3n) is 6.27. The molecule has 182 valence electrons. The van der Waals surface area contributed by atoms with Crippen LogP contribution in [0, 0.1) is 0 Å². The molecule has 0 aliphatic carbocycles. The van der Waals surface area contributed by atoms with E-state index in [0.29, 0.717) is 42.3 Å². The molecule has 0 aromatic heterocycles. The molecule has 0 fully saturated rings. The Labute approximate surface area is 211 Å². The maximum atomic E-state index is 13.0. The topological polar surface area (TPSA) is 85.6 Å². The molecule has 4 N–H and O–H groups in total. The molecular formula is C28H30ClN3O3. The van der Waals surface area contributed by atoms with Gasteiger partial charge < -0.3 is 25.8 Å². The standard InChI is InChI=1S/C28H30ClN3O3/c1-34-16-14-28(30,15-17-35-2)20-8-11-22(12-9-20)31-26(19-6-4-3-5-7-19)25-23-13-10-21(29)18-24(23)32-27(25)33/h3-13,18,31H,14-17,30H2,1-2H3,(H,32,33)/b26-25-. The number of carbonyl (C=O) groups excluding carboxylic acids is 1. The monoisotopic (exact) mass is 491 g/mol. The number of hydrogen-bond acceptors (Lipinski definition) is 5. The number of methoxy groups -OCH3 is 2. The van der Waals surface area contributed by atoms with E-state index in [-0.39, 0.29) is 5.91 Å².